The molecule has 1 N–H and O–H groups in total. The molecular formula is C15H15FN2O2. The van der Waals surface area contributed by atoms with E-state index in [1.807, 2.05) is 25.1 Å². The molecule has 0 unspecified atom stereocenters. The van der Waals surface area contributed by atoms with Crippen LogP contribution in [0.2, 0.25) is 0 Å². The molecule has 1 heterocycles. The second-order valence-corrected chi connectivity index (χ2v) is 4.38. The van der Waals surface area contributed by atoms with Crippen LogP contribution in [-0.4, -0.2) is 18.0 Å². The van der Waals surface area contributed by atoms with Crippen LogP contribution in [0.1, 0.15) is 21.5 Å². The van der Waals surface area contributed by atoms with Crippen molar-refractivity contribution in [3.8, 4) is 5.75 Å². The highest BCUT2D eigenvalue weighted by molar-refractivity contribution is 5.93. The maximum absolute atomic E-state index is 13.0. The van der Waals surface area contributed by atoms with Crippen molar-refractivity contribution in [1.29, 1.82) is 0 Å². The molecule has 1 amide bonds. The fraction of sp³-hybridized carbons (Fsp3) is 0.200. The first-order chi connectivity index (χ1) is 9.60. The number of aromatic nitrogens is 1. The second-order valence-electron chi connectivity index (χ2n) is 4.38. The molecule has 0 bridgehead atoms. The van der Waals surface area contributed by atoms with Gasteiger partial charge in [-0.3, -0.25) is 9.78 Å². The molecule has 4 nitrogen and oxygen atoms in total. The quantitative estimate of drug-likeness (QED) is 0.931. The summed E-state index contributed by atoms with van der Waals surface area (Å²) in [6.07, 6.45) is 2.38. The van der Waals surface area contributed by atoms with Crippen molar-refractivity contribution >= 4 is 5.91 Å². The number of aryl methyl sites for hydroxylation is 1. The van der Waals surface area contributed by atoms with Gasteiger partial charge in [0.05, 0.1) is 18.9 Å². The third-order valence-electron chi connectivity index (χ3n) is 2.89. The smallest absolute Gasteiger partial charge is 0.253 e. The van der Waals surface area contributed by atoms with Crippen molar-refractivity contribution in [2.24, 2.45) is 0 Å². The number of amides is 1. The Morgan fingerprint density at radius 1 is 1.35 bits per heavy atom. The van der Waals surface area contributed by atoms with Gasteiger partial charge < -0.3 is 10.1 Å². The average molecular weight is 274 g/mol. The minimum absolute atomic E-state index is 0.198. The van der Waals surface area contributed by atoms with Crippen LogP contribution in [0.25, 0.3) is 0 Å². The Hall–Kier alpha value is -2.43. The van der Waals surface area contributed by atoms with Gasteiger partial charge in [-0.2, -0.15) is 0 Å². The van der Waals surface area contributed by atoms with Crippen LogP contribution in [0, 0.1) is 12.7 Å². The Morgan fingerprint density at radius 3 is 2.85 bits per heavy atom. The van der Waals surface area contributed by atoms with Crippen LogP contribution < -0.4 is 10.1 Å². The van der Waals surface area contributed by atoms with Crippen molar-refractivity contribution in [3.05, 3.63) is 59.2 Å². The van der Waals surface area contributed by atoms with E-state index in [-0.39, 0.29) is 11.5 Å². The van der Waals surface area contributed by atoms with Crippen LogP contribution in [-0.2, 0) is 6.54 Å². The number of carbonyl (C=O) groups is 1. The summed E-state index contributed by atoms with van der Waals surface area (Å²) in [6.45, 7) is 2.28. The molecular weight excluding hydrogens is 259 g/mol. The van der Waals surface area contributed by atoms with E-state index in [4.69, 9.17) is 4.74 Å². The van der Waals surface area contributed by atoms with Crippen LogP contribution in [0.5, 0.6) is 5.75 Å². The van der Waals surface area contributed by atoms with Crippen molar-refractivity contribution < 1.29 is 13.9 Å². The Labute approximate surface area is 116 Å². The predicted octanol–water partition coefficient (Wildman–Crippen LogP) is 2.47. The Morgan fingerprint density at radius 2 is 2.15 bits per heavy atom. The van der Waals surface area contributed by atoms with Gasteiger partial charge in [0, 0.05) is 12.7 Å². The zero-order valence-corrected chi connectivity index (χ0v) is 11.3. The van der Waals surface area contributed by atoms with Crippen molar-refractivity contribution in [2.45, 2.75) is 13.5 Å². The van der Waals surface area contributed by atoms with Crippen LogP contribution in [0.4, 0.5) is 4.39 Å². The lowest BCUT2D eigenvalue weighted by Crippen LogP contribution is -2.23. The molecule has 5 heteroatoms. The first kappa shape index (κ1) is 14.0. The predicted molar refractivity (Wildman–Crippen MR) is 73.1 cm³/mol. The number of benzene rings is 1. The topological polar surface area (TPSA) is 51.2 Å². The number of nitrogens with one attached hydrogen (secondary N) is 1. The maximum Gasteiger partial charge on any atom is 0.253 e. The standard InChI is InChI=1S/C15H15FN2O2/c1-10-3-4-11(5-14(10)20-2)7-18-15(19)12-6-13(16)9-17-8-12/h3-6,8-9H,7H2,1-2H3,(H,18,19). The number of ether oxygens (including phenoxy) is 1. The van der Waals surface area contributed by atoms with Gasteiger partial charge in [0.2, 0.25) is 0 Å². The monoisotopic (exact) mass is 274 g/mol. The molecule has 0 aliphatic rings. The third-order valence-corrected chi connectivity index (χ3v) is 2.89. The molecule has 0 aliphatic heterocycles. The first-order valence-corrected chi connectivity index (χ1v) is 6.12. The molecule has 0 fully saturated rings. The zero-order valence-electron chi connectivity index (χ0n) is 11.3. The van der Waals surface area contributed by atoms with E-state index in [1.54, 1.807) is 7.11 Å². The van der Waals surface area contributed by atoms with Crippen molar-refractivity contribution in [1.82, 2.24) is 10.3 Å². The number of nitrogens with zero attached hydrogens (tertiary/aromatic N) is 1. The summed E-state index contributed by atoms with van der Waals surface area (Å²) in [7, 11) is 1.60. The summed E-state index contributed by atoms with van der Waals surface area (Å²) < 4.78 is 18.2. The highest BCUT2D eigenvalue weighted by Gasteiger charge is 2.07. The molecule has 1 aromatic carbocycles. The SMILES string of the molecule is COc1cc(CNC(=O)c2cncc(F)c2)ccc1C. The summed E-state index contributed by atoms with van der Waals surface area (Å²) in [5, 5.41) is 2.71. The molecule has 2 rings (SSSR count). The fourth-order valence-electron chi connectivity index (χ4n) is 1.79. The Kier molecular flexibility index (Phi) is 4.30. The average Bonchev–Trinajstić information content (AvgIpc) is 2.46. The van der Waals surface area contributed by atoms with Crippen LogP contribution >= 0.6 is 0 Å². The second kappa shape index (κ2) is 6.14. The molecule has 104 valence electrons. The van der Waals surface area contributed by atoms with E-state index in [0.29, 0.717) is 6.54 Å². The normalized spacial score (nSPS) is 10.2. The molecule has 0 spiro atoms. The number of pyridine rings is 1. The van der Waals surface area contributed by atoms with Crippen molar-refractivity contribution in [3.63, 3.8) is 0 Å². The molecule has 0 saturated carbocycles. The van der Waals surface area contributed by atoms with Gasteiger partial charge in [0.25, 0.3) is 5.91 Å². The summed E-state index contributed by atoms with van der Waals surface area (Å²) in [5.41, 5.74) is 2.13. The van der Waals surface area contributed by atoms with Crippen LogP contribution in [0.3, 0.4) is 0 Å². The minimum atomic E-state index is -0.533. The minimum Gasteiger partial charge on any atom is -0.496 e. The lowest BCUT2D eigenvalue weighted by atomic mass is 10.1. The van der Waals surface area contributed by atoms with E-state index < -0.39 is 5.82 Å². The van der Waals surface area contributed by atoms with Gasteiger partial charge in [0.1, 0.15) is 11.6 Å². The number of carbonyl (C=O) groups excluding carboxylic acids is 1. The van der Waals surface area contributed by atoms with E-state index in [1.165, 1.54) is 6.20 Å². The molecule has 1 aromatic heterocycles. The zero-order chi connectivity index (χ0) is 14.5. The molecule has 0 radical (unpaired) electrons. The number of hydrogen-bond donors (Lipinski definition) is 1. The largest absolute Gasteiger partial charge is 0.496 e. The molecule has 2 aromatic rings. The lowest BCUT2D eigenvalue weighted by Gasteiger charge is -2.09. The van der Waals surface area contributed by atoms with E-state index in [9.17, 15) is 9.18 Å². The first-order valence-electron chi connectivity index (χ1n) is 6.12. The highest BCUT2D eigenvalue weighted by Crippen LogP contribution is 2.18. The molecule has 0 atom stereocenters. The Balaban J connectivity index is 2.03. The fourth-order valence-corrected chi connectivity index (χ4v) is 1.79. The van der Waals surface area contributed by atoms with Gasteiger partial charge in [0.15, 0.2) is 0 Å². The number of methoxy groups -OCH3 is 1. The van der Waals surface area contributed by atoms with Gasteiger partial charge in [-0.1, -0.05) is 12.1 Å². The molecule has 20 heavy (non-hydrogen) atoms. The molecule has 0 aliphatic carbocycles. The van der Waals surface area contributed by atoms with Gasteiger partial charge in [-0.05, 0) is 30.2 Å². The van der Waals surface area contributed by atoms with E-state index in [0.717, 1.165) is 29.1 Å². The van der Waals surface area contributed by atoms with E-state index >= 15 is 0 Å². The lowest BCUT2D eigenvalue weighted by molar-refractivity contribution is 0.0950. The third kappa shape index (κ3) is 3.32. The van der Waals surface area contributed by atoms with Gasteiger partial charge in [-0.25, -0.2) is 4.39 Å². The van der Waals surface area contributed by atoms with Crippen LogP contribution in [0.15, 0.2) is 36.7 Å². The summed E-state index contributed by atoms with van der Waals surface area (Å²) in [6, 6.07) is 6.84. The Bertz CT molecular complexity index is 629. The molecule has 0 saturated heterocycles. The van der Waals surface area contributed by atoms with Crippen molar-refractivity contribution in [2.75, 3.05) is 7.11 Å². The van der Waals surface area contributed by atoms with Gasteiger partial charge in [-0.15, -0.1) is 0 Å². The summed E-state index contributed by atoms with van der Waals surface area (Å²) in [4.78, 5) is 15.5. The van der Waals surface area contributed by atoms with E-state index in [2.05, 4.69) is 10.3 Å². The highest BCUT2D eigenvalue weighted by atomic mass is 19.1. The summed E-state index contributed by atoms with van der Waals surface area (Å²) >= 11 is 0. The maximum atomic E-state index is 13.0. The number of halogens is 1. The van der Waals surface area contributed by atoms with Gasteiger partial charge >= 0.3 is 0 Å². The number of rotatable bonds is 4. The summed E-state index contributed by atoms with van der Waals surface area (Å²) in [5.74, 6) is -0.129. The number of hydrogen-bond acceptors (Lipinski definition) is 3.